The predicted octanol–water partition coefficient (Wildman–Crippen LogP) is -1.05. The number of allylic oxidation sites excluding steroid dienone is 1. The normalized spacial score (nSPS) is 24.4. The van der Waals surface area contributed by atoms with E-state index in [0.717, 1.165) is 16.2 Å². The summed E-state index contributed by atoms with van der Waals surface area (Å²) in [5.41, 5.74) is 2.70. The molecule has 0 saturated heterocycles. The van der Waals surface area contributed by atoms with Crippen LogP contribution in [0, 0.1) is 6.92 Å². The zero-order valence-electron chi connectivity index (χ0n) is 21.8. The summed E-state index contributed by atoms with van der Waals surface area (Å²) in [7, 11) is 0. The summed E-state index contributed by atoms with van der Waals surface area (Å²) in [4.78, 5) is 29.1. The molecule has 4 heterocycles. The second kappa shape index (κ2) is 10.6. The van der Waals surface area contributed by atoms with Crippen molar-refractivity contribution in [1.29, 1.82) is 0 Å². The number of nitrogens with zero attached hydrogens (tertiary/aromatic N) is 1. The van der Waals surface area contributed by atoms with Crippen molar-refractivity contribution in [2.75, 3.05) is 19.8 Å². The molecule has 1 aromatic heterocycles. The third kappa shape index (κ3) is 5.17. The van der Waals surface area contributed by atoms with E-state index in [2.05, 4.69) is 4.99 Å². The highest BCUT2D eigenvalue weighted by Crippen LogP contribution is 2.43. The van der Waals surface area contributed by atoms with Gasteiger partial charge in [0.25, 0.3) is 0 Å². The van der Waals surface area contributed by atoms with Gasteiger partial charge in [0, 0.05) is 29.8 Å². The molecule has 1 aromatic carbocycles. The molecule has 3 aliphatic heterocycles. The summed E-state index contributed by atoms with van der Waals surface area (Å²) in [6, 6.07) is 3.18. The molecule has 6 N–H and O–H groups in total. The van der Waals surface area contributed by atoms with Crippen molar-refractivity contribution >= 4 is 22.9 Å². The summed E-state index contributed by atoms with van der Waals surface area (Å²) in [5, 5.41) is 48.8. The monoisotopic (exact) mass is 545 g/mol. The van der Waals surface area contributed by atoms with Gasteiger partial charge in [0.15, 0.2) is 11.2 Å². The Bertz CT molecular complexity index is 1410. The number of ether oxygens (including phenoxy) is 1. The average Bonchev–Trinajstić information content (AvgIpc) is 3.49. The molecule has 5 rings (SSSR count). The molecule has 0 spiro atoms. The standard InChI is InChI=1S/C27H32N2O10/c1-13-6-18(31)16-7-15-8-21(39-36-12-20(33)24(35)23(34)19(32)11-30)27(2,3)38-25(15)22(26(16)37-13)29-9-14-4-5-28-17(14)10-29/h4-7,10,19-21,23-24,30,32-35H,8-9,11-12H2,1-3H3/p+1. The summed E-state index contributed by atoms with van der Waals surface area (Å²) in [6.45, 7) is 4.66. The first-order chi connectivity index (χ1) is 18.5. The van der Waals surface area contributed by atoms with Gasteiger partial charge in [-0.2, -0.15) is 0 Å². The lowest BCUT2D eigenvalue weighted by molar-refractivity contribution is -0.763. The Kier molecular flexibility index (Phi) is 7.48. The second-order valence-electron chi connectivity index (χ2n) is 10.6. The van der Waals surface area contributed by atoms with Crippen LogP contribution in [-0.2, 0) is 16.2 Å². The zero-order valence-corrected chi connectivity index (χ0v) is 21.8. The molecule has 0 radical (unpaired) electrons. The van der Waals surface area contributed by atoms with E-state index in [0.29, 0.717) is 46.7 Å². The highest BCUT2D eigenvalue weighted by Gasteiger charge is 2.44. The minimum atomic E-state index is -1.78. The van der Waals surface area contributed by atoms with Crippen molar-refractivity contribution in [3.8, 4) is 5.75 Å². The fraction of sp³-hybridized carbons (Fsp3) is 0.481. The molecule has 0 amide bonds. The molecule has 0 aliphatic carbocycles. The number of aliphatic imine (C=N–C) groups is 1. The lowest BCUT2D eigenvalue weighted by Gasteiger charge is -2.39. The van der Waals surface area contributed by atoms with Crippen LogP contribution in [0.1, 0.15) is 25.2 Å². The number of rotatable bonds is 9. The number of quaternary nitrogens is 1. The smallest absolute Gasteiger partial charge is 0.222 e. The maximum Gasteiger partial charge on any atom is 0.222 e. The van der Waals surface area contributed by atoms with Gasteiger partial charge in [0.1, 0.15) is 66.9 Å². The Morgan fingerprint density at radius 3 is 2.64 bits per heavy atom. The number of aliphatic hydroxyl groups is 5. The average molecular weight is 546 g/mol. The Balaban J connectivity index is 1.42. The molecule has 12 heteroatoms. The van der Waals surface area contributed by atoms with E-state index in [1.807, 2.05) is 26.1 Å². The number of benzene rings is 1. The number of aliphatic hydroxyl groups excluding tert-OH is 5. The molecule has 210 valence electrons. The molecule has 12 nitrogen and oxygen atoms in total. The van der Waals surface area contributed by atoms with Crippen molar-refractivity contribution in [2.45, 2.75) is 63.3 Å². The SMILES string of the molecule is Cc1cc(=O)c2cc3c(c([NH+]4C=C5N=CC=C5C4)c2o1)OC(C)(C)C(OOCC(O)C(O)C(O)C(O)CO)C3. The van der Waals surface area contributed by atoms with E-state index in [1.165, 1.54) is 6.07 Å². The van der Waals surface area contributed by atoms with E-state index in [9.17, 15) is 25.2 Å². The molecule has 0 saturated carbocycles. The van der Waals surface area contributed by atoms with Crippen molar-refractivity contribution < 1.29 is 49.4 Å². The number of hydrogen-bond donors (Lipinski definition) is 6. The lowest BCUT2D eigenvalue weighted by Crippen LogP contribution is -3.01. The van der Waals surface area contributed by atoms with Gasteiger partial charge < -0.3 is 34.7 Å². The minimum absolute atomic E-state index is 0.180. The third-order valence-corrected chi connectivity index (χ3v) is 7.30. The highest BCUT2D eigenvalue weighted by atomic mass is 17.2. The van der Waals surface area contributed by atoms with E-state index >= 15 is 0 Å². The van der Waals surface area contributed by atoms with E-state index < -0.39 is 49.3 Å². The maximum atomic E-state index is 13.0. The van der Waals surface area contributed by atoms with Crippen LogP contribution in [0.2, 0.25) is 0 Å². The molecule has 0 bridgehead atoms. The van der Waals surface area contributed by atoms with Crippen LogP contribution in [0.5, 0.6) is 5.75 Å². The van der Waals surface area contributed by atoms with E-state index in [-0.39, 0.29) is 5.43 Å². The van der Waals surface area contributed by atoms with Crippen molar-refractivity contribution in [3.63, 3.8) is 0 Å². The largest absolute Gasteiger partial charge is 0.478 e. The van der Waals surface area contributed by atoms with Gasteiger partial charge in [0.2, 0.25) is 11.3 Å². The molecular formula is C27H33N2O10+. The predicted molar refractivity (Wildman–Crippen MR) is 138 cm³/mol. The van der Waals surface area contributed by atoms with E-state index in [1.54, 1.807) is 19.2 Å². The molecule has 39 heavy (non-hydrogen) atoms. The molecular weight excluding hydrogens is 512 g/mol. The highest BCUT2D eigenvalue weighted by molar-refractivity contribution is 5.90. The number of fused-ring (bicyclic) bond motifs is 3. The van der Waals surface area contributed by atoms with Crippen LogP contribution in [0.4, 0.5) is 5.69 Å². The van der Waals surface area contributed by atoms with Crippen LogP contribution in [0.3, 0.4) is 0 Å². The maximum absolute atomic E-state index is 13.0. The first-order valence-corrected chi connectivity index (χ1v) is 12.7. The van der Waals surface area contributed by atoms with Crippen LogP contribution in [0.15, 0.2) is 49.9 Å². The Labute approximate surface area is 223 Å². The Hall–Kier alpha value is -2.94. The second-order valence-corrected chi connectivity index (χ2v) is 10.6. The van der Waals surface area contributed by atoms with Gasteiger partial charge in [-0.3, -0.25) is 14.7 Å². The van der Waals surface area contributed by atoms with Crippen LogP contribution in [0.25, 0.3) is 11.0 Å². The van der Waals surface area contributed by atoms with E-state index in [4.69, 9.17) is 24.0 Å². The fourth-order valence-corrected chi connectivity index (χ4v) is 5.02. The van der Waals surface area contributed by atoms with Gasteiger partial charge in [-0.15, -0.1) is 0 Å². The van der Waals surface area contributed by atoms with Crippen molar-refractivity contribution in [1.82, 2.24) is 0 Å². The minimum Gasteiger partial charge on any atom is -0.478 e. The van der Waals surface area contributed by atoms with Gasteiger partial charge in [0.05, 0.1) is 12.0 Å². The molecule has 2 aromatic rings. The van der Waals surface area contributed by atoms with Crippen LogP contribution in [-0.4, -0.2) is 87.6 Å². The molecule has 6 unspecified atom stereocenters. The first-order valence-electron chi connectivity index (χ1n) is 12.7. The lowest BCUT2D eigenvalue weighted by atomic mass is 9.89. The Morgan fingerprint density at radius 1 is 1.18 bits per heavy atom. The Morgan fingerprint density at radius 2 is 1.92 bits per heavy atom. The van der Waals surface area contributed by atoms with Crippen LogP contribution >= 0.6 is 0 Å². The quantitative estimate of drug-likeness (QED) is 0.168. The van der Waals surface area contributed by atoms with Gasteiger partial charge >= 0.3 is 0 Å². The molecule has 0 fully saturated rings. The summed E-state index contributed by atoms with van der Waals surface area (Å²) >= 11 is 0. The third-order valence-electron chi connectivity index (χ3n) is 7.30. The summed E-state index contributed by atoms with van der Waals surface area (Å²) < 4.78 is 12.6. The summed E-state index contributed by atoms with van der Waals surface area (Å²) in [5.74, 6) is 1.06. The number of hydrogen-bond acceptors (Lipinski definition) is 11. The van der Waals surface area contributed by atoms with Crippen LogP contribution < -0.4 is 15.1 Å². The summed E-state index contributed by atoms with van der Waals surface area (Å²) in [6.07, 6.45) is -1.47. The molecule has 3 aliphatic rings. The first kappa shape index (κ1) is 27.6. The van der Waals surface area contributed by atoms with Gasteiger partial charge in [-0.05, 0) is 32.9 Å². The number of nitrogens with one attached hydrogen (secondary N) is 1. The fourth-order valence-electron chi connectivity index (χ4n) is 5.02. The zero-order chi connectivity index (χ0) is 28.1. The van der Waals surface area contributed by atoms with Gasteiger partial charge in [-0.1, -0.05) is 0 Å². The topological polar surface area (TPSA) is 176 Å². The molecule has 6 atom stereocenters. The van der Waals surface area contributed by atoms with Crippen molar-refractivity contribution in [2.24, 2.45) is 4.99 Å². The number of aryl methyl sites for hydroxylation is 1. The van der Waals surface area contributed by atoms with Crippen molar-refractivity contribution in [3.05, 3.63) is 57.2 Å². The van der Waals surface area contributed by atoms with Gasteiger partial charge in [-0.25, -0.2) is 9.78 Å².